The van der Waals surface area contributed by atoms with Gasteiger partial charge in [-0.25, -0.2) is 0 Å². The molecule has 1 aromatic carbocycles. The highest BCUT2D eigenvalue weighted by Gasteiger charge is 2.31. The number of carbonyl (C=O) groups excluding carboxylic acids is 6. The Kier molecular flexibility index (Phi) is 15.0. The molecule has 2 aromatic rings. The van der Waals surface area contributed by atoms with Crippen molar-refractivity contribution in [2.24, 2.45) is 11.7 Å². The van der Waals surface area contributed by atoms with E-state index in [4.69, 9.17) is 14.9 Å². The Balaban J connectivity index is 1.53. The minimum absolute atomic E-state index is 0.0598. The van der Waals surface area contributed by atoms with Gasteiger partial charge in [-0.3, -0.25) is 28.8 Å². The van der Waals surface area contributed by atoms with Crippen LogP contribution < -0.4 is 32.3 Å². The molecule has 50 heavy (non-hydrogen) atoms. The van der Waals surface area contributed by atoms with Crippen molar-refractivity contribution in [2.45, 2.75) is 57.2 Å². The van der Waals surface area contributed by atoms with Crippen LogP contribution in [0, 0.1) is 5.92 Å². The number of furan rings is 1. The van der Waals surface area contributed by atoms with E-state index in [1.165, 1.54) is 17.2 Å². The average Bonchev–Trinajstić information content (AvgIpc) is 3.63. The van der Waals surface area contributed by atoms with Crippen LogP contribution >= 0.6 is 0 Å². The Hall–Kier alpha value is -5.02. The molecule has 0 aliphatic carbocycles. The molecule has 4 rings (SSSR count). The molecule has 0 radical (unpaired) electrons. The summed E-state index contributed by atoms with van der Waals surface area (Å²) in [4.78, 5) is 80.2. The van der Waals surface area contributed by atoms with Crippen molar-refractivity contribution in [3.05, 3.63) is 71.7 Å². The van der Waals surface area contributed by atoms with Gasteiger partial charge in [0.05, 0.1) is 31.8 Å². The van der Waals surface area contributed by atoms with E-state index in [-0.39, 0.29) is 58.0 Å². The monoisotopic (exact) mass is 693 g/mol. The Morgan fingerprint density at radius 1 is 0.940 bits per heavy atom. The second kappa shape index (κ2) is 19.8. The fourth-order valence-corrected chi connectivity index (χ4v) is 5.80. The average molecular weight is 694 g/mol. The molecule has 1 fully saturated rings. The zero-order chi connectivity index (χ0) is 35.7. The molecule has 7 N–H and O–H groups in total. The third-order valence-corrected chi connectivity index (χ3v) is 8.45. The van der Waals surface area contributed by atoms with Gasteiger partial charge in [0.2, 0.25) is 35.4 Å². The Labute approximate surface area is 291 Å². The summed E-state index contributed by atoms with van der Waals surface area (Å²) in [5.41, 5.74) is 6.77. The number of fused-ring (bicyclic) bond motifs is 3. The van der Waals surface area contributed by atoms with E-state index in [1.54, 1.807) is 36.4 Å². The summed E-state index contributed by atoms with van der Waals surface area (Å²) < 4.78 is 10.8. The lowest BCUT2D eigenvalue weighted by Gasteiger charge is -2.32. The maximum absolute atomic E-state index is 13.5. The van der Waals surface area contributed by atoms with Crippen LogP contribution in [-0.2, 0) is 52.9 Å². The van der Waals surface area contributed by atoms with Gasteiger partial charge in [0, 0.05) is 57.8 Å². The molecule has 0 spiro atoms. The number of hydrogen-bond acceptors (Lipinski definition) is 9. The van der Waals surface area contributed by atoms with Crippen LogP contribution in [0.25, 0.3) is 0 Å². The van der Waals surface area contributed by atoms with Gasteiger partial charge >= 0.3 is 0 Å². The van der Waals surface area contributed by atoms with Gasteiger partial charge in [0.1, 0.15) is 17.8 Å². The van der Waals surface area contributed by atoms with E-state index in [0.29, 0.717) is 55.8 Å². The van der Waals surface area contributed by atoms with Gasteiger partial charge in [0.15, 0.2) is 0 Å². The molecule has 6 amide bonds. The molecular weight excluding hydrogens is 646 g/mol. The van der Waals surface area contributed by atoms with E-state index < -0.39 is 47.5 Å². The zero-order valence-electron chi connectivity index (χ0n) is 28.1. The van der Waals surface area contributed by atoms with E-state index in [2.05, 4.69) is 26.6 Å². The predicted octanol–water partition coefficient (Wildman–Crippen LogP) is -0.553. The first kappa shape index (κ1) is 37.8. The molecular formula is C35H47N7O8. The number of carbonyl (C=O) groups is 6. The summed E-state index contributed by atoms with van der Waals surface area (Å²) in [6.07, 6.45) is 5.53. The number of rotatable bonds is 8. The first-order chi connectivity index (χ1) is 24.2. The molecule has 2 aliphatic rings. The van der Waals surface area contributed by atoms with Crippen LogP contribution in [0.3, 0.4) is 0 Å². The molecule has 1 aromatic heterocycles. The third-order valence-electron chi connectivity index (χ3n) is 8.45. The van der Waals surface area contributed by atoms with Crippen LogP contribution in [-0.4, -0.2) is 98.4 Å². The molecule has 15 nitrogen and oxygen atoms in total. The molecule has 15 heteroatoms. The molecule has 3 heterocycles. The van der Waals surface area contributed by atoms with Gasteiger partial charge in [-0.2, -0.15) is 0 Å². The van der Waals surface area contributed by atoms with Crippen molar-refractivity contribution >= 4 is 35.4 Å². The van der Waals surface area contributed by atoms with E-state index in [9.17, 15) is 28.8 Å². The summed E-state index contributed by atoms with van der Waals surface area (Å²) in [7, 11) is 0. The summed E-state index contributed by atoms with van der Waals surface area (Å²) in [5.74, 6) is -2.57. The summed E-state index contributed by atoms with van der Waals surface area (Å²) >= 11 is 0. The van der Waals surface area contributed by atoms with Crippen molar-refractivity contribution in [3.8, 4) is 0 Å². The maximum atomic E-state index is 13.5. The lowest BCUT2D eigenvalue weighted by Crippen LogP contribution is -2.52. The zero-order valence-corrected chi connectivity index (χ0v) is 28.1. The number of ether oxygens (including phenoxy) is 1. The van der Waals surface area contributed by atoms with Crippen LogP contribution in [0.4, 0.5) is 0 Å². The fraction of sp³-hybridized carbons (Fsp3) is 0.486. The summed E-state index contributed by atoms with van der Waals surface area (Å²) in [6, 6.07) is 8.68. The minimum Gasteiger partial charge on any atom is -0.469 e. The van der Waals surface area contributed by atoms with Crippen molar-refractivity contribution < 1.29 is 37.9 Å². The van der Waals surface area contributed by atoms with Gasteiger partial charge in [-0.15, -0.1) is 0 Å². The van der Waals surface area contributed by atoms with E-state index >= 15 is 0 Å². The summed E-state index contributed by atoms with van der Waals surface area (Å²) in [6.45, 7) is 2.04. The fourth-order valence-electron chi connectivity index (χ4n) is 5.80. The Morgan fingerprint density at radius 2 is 1.76 bits per heavy atom. The first-order valence-electron chi connectivity index (χ1n) is 17.0. The van der Waals surface area contributed by atoms with E-state index in [1.807, 2.05) is 0 Å². The van der Waals surface area contributed by atoms with Gasteiger partial charge in [-0.1, -0.05) is 24.3 Å². The molecule has 3 atom stereocenters. The molecule has 0 saturated carbocycles. The van der Waals surface area contributed by atoms with Gasteiger partial charge in [0.25, 0.3) is 0 Å². The number of benzene rings is 1. The highest BCUT2D eigenvalue weighted by atomic mass is 16.5. The smallest absolute Gasteiger partial charge is 0.246 e. The number of hydrogen-bond donors (Lipinski definition) is 6. The van der Waals surface area contributed by atoms with Crippen LogP contribution in [0.15, 0.2) is 59.2 Å². The number of piperidine rings is 1. The molecule has 2 bridgehead atoms. The van der Waals surface area contributed by atoms with Crippen molar-refractivity contribution in [1.29, 1.82) is 0 Å². The lowest BCUT2D eigenvalue weighted by atomic mass is 9.96. The SMILES string of the molecule is NCCOCCNC(=O)[C@@H]1CCCNC(=O)/C=C\C(=O)N2CCC[C@H](C2)C(=O)N[C@@H](Cc2ccco2)C(=O)NCc2ccccc2CC(=O)N1. The Morgan fingerprint density at radius 3 is 2.54 bits per heavy atom. The van der Waals surface area contributed by atoms with Crippen LogP contribution in [0.2, 0.25) is 0 Å². The van der Waals surface area contributed by atoms with E-state index in [0.717, 1.165) is 6.08 Å². The number of nitrogens with two attached hydrogens (primary N) is 1. The summed E-state index contributed by atoms with van der Waals surface area (Å²) in [5, 5.41) is 14.0. The largest absolute Gasteiger partial charge is 0.469 e. The standard InChI is InChI=1S/C35H47N7O8/c36-13-18-49-19-15-38-34(47)28-10-3-14-37-30(43)11-12-32(45)42-16-4-8-26(23-42)33(46)41-29(21-27-9-5-17-50-27)35(48)39-22-25-7-2-1-6-24(25)20-31(44)40-28/h1-2,5-7,9,11-12,17,26,28-29H,3-4,8,10,13-16,18-23,36H2,(H,37,43)(H,38,47)(H,39,48)(H,40,44)(H,41,46)/b12-11-/t26-,28+,29+/m1/s1. The third kappa shape index (κ3) is 12.1. The maximum Gasteiger partial charge on any atom is 0.246 e. The number of nitrogens with one attached hydrogen (secondary N) is 5. The van der Waals surface area contributed by atoms with Gasteiger partial charge in [-0.05, 0) is 48.9 Å². The molecule has 2 aliphatic heterocycles. The van der Waals surface area contributed by atoms with Crippen LogP contribution in [0.1, 0.15) is 42.6 Å². The first-order valence-corrected chi connectivity index (χ1v) is 17.0. The number of nitrogens with zero attached hydrogens (tertiary/aromatic N) is 1. The Bertz CT molecular complexity index is 1500. The van der Waals surface area contributed by atoms with Gasteiger partial charge < -0.3 is 46.4 Å². The van der Waals surface area contributed by atoms with Crippen molar-refractivity contribution in [1.82, 2.24) is 31.5 Å². The van der Waals surface area contributed by atoms with Crippen LogP contribution in [0.5, 0.6) is 0 Å². The molecule has 1 saturated heterocycles. The normalized spacial score (nSPS) is 22.3. The number of amides is 6. The topological polar surface area (TPSA) is 214 Å². The highest BCUT2D eigenvalue weighted by molar-refractivity contribution is 5.97. The molecule has 0 unspecified atom stereocenters. The lowest BCUT2D eigenvalue weighted by molar-refractivity contribution is -0.135. The second-order valence-corrected chi connectivity index (χ2v) is 12.2. The minimum atomic E-state index is -0.972. The molecule has 270 valence electrons. The predicted molar refractivity (Wildman–Crippen MR) is 182 cm³/mol. The van der Waals surface area contributed by atoms with Crippen molar-refractivity contribution in [3.63, 3.8) is 0 Å². The highest BCUT2D eigenvalue weighted by Crippen LogP contribution is 2.18. The quantitative estimate of drug-likeness (QED) is 0.195. The van der Waals surface area contributed by atoms with Crippen molar-refractivity contribution in [2.75, 3.05) is 45.9 Å². The second-order valence-electron chi connectivity index (χ2n) is 12.2.